The molecule has 0 spiro atoms. The van der Waals surface area contributed by atoms with Crippen molar-refractivity contribution in [3.05, 3.63) is 51.8 Å². The lowest BCUT2D eigenvalue weighted by molar-refractivity contribution is 0.101. The number of amides is 1. The molecule has 0 aliphatic carbocycles. The topological polar surface area (TPSA) is 62.0 Å². The standard InChI is InChI=1S/C13H10Cl2N2O2/c1-7(18)8-4-12(16-6-8)13(19)17-9-2-3-10(14)11(15)5-9/h2-6,16H,1H3,(H,17,19). The number of H-pyrrole nitrogens is 1. The largest absolute Gasteiger partial charge is 0.356 e. The lowest BCUT2D eigenvalue weighted by atomic mass is 10.2. The molecule has 0 saturated carbocycles. The molecular formula is C13H10Cl2N2O2. The number of carbonyl (C=O) groups excluding carboxylic acids is 2. The molecule has 1 aromatic carbocycles. The normalized spacial score (nSPS) is 10.3. The predicted molar refractivity (Wildman–Crippen MR) is 75.2 cm³/mol. The lowest BCUT2D eigenvalue weighted by Crippen LogP contribution is -2.12. The summed E-state index contributed by atoms with van der Waals surface area (Å²) >= 11 is 11.6. The molecule has 1 heterocycles. The zero-order chi connectivity index (χ0) is 14.0. The molecule has 4 nitrogen and oxygen atoms in total. The maximum Gasteiger partial charge on any atom is 0.272 e. The summed E-state index contributed by atoms with van der Waals surface area (Å²) in [6.07, 6.45) is 1.49. The van der Waals surface area contributed by atoms with Gasteiger partial charge in [-0.3, -0.25) is 9.59 Å². The van der Waals surface area contributed by atoms with E-state index in [0.717, 1.165) is 0 Å². The zero-order valence-corrected chi connectivity index (χ0v) is 11.5. The third-order valence-electron chi connectivity index (χ3n) is 2.51. The van der Waals surface area contributed by atoms with Gasteiger partial charge in [0.15, 0.2) is 5.78 Å². The first-order chi connectivity index (χ1) is 8.97. The van der Waals surface area contributed by atoms with Gasteiger partial charge in [-0.15, -0.1) is 0 Å². The summed E-state index contributed by atoms with van der Waals surface area (Å²) in [7, 11) is 0. The molecule has 0 aliphatic heterocycles. The van der Waals surface area contributed by atoms with Gasteiger partial charge < -0.3 is 10.3 Å². The van der Waals surface area contributed by atoms with E-state index in [2.05, 4.69) is 10.3 Å². The van der Waals surface area contributed by atoms with Crippen molar-refractivity contribution in [1.29, 1.82) is 0 Å². The predicted octanol–water partition coefficient (Wildman–Crippen LogP) is 3.78. The number of anilines is 1. The van der Waals surface area contributed by atoms with Gasteiger partial charge in [-0.25, -0.2) is 0 Å². The SMILES string of the molecule is CC(=O)c1c[nH]c(C(=O)Nc2ccc(Cl)c(Cl)c2)c1. The van der Waals surface area contributed by atoms with Crippen LogP contribution in [0.3, 0.4) is 0 Å². The van der Waals surface area contributed by atoms with Crippen LogP contribution < -0.4 is 5.32 Å². The summed E-state index contributed by atoms with van der Waals surface area (Å²) in [6, 6.07) is 6.28. The number of rotatable bonds is 3. The highest BCUT2D eigenvalue weighted by Crippen LogP contribution is 2.25. The molecular weight excluding hydrogens is 287 g/mol. The van der Waals surface area contributed by atoms with Gasteiger partial charge in [0.1, 0.15) is 5.69 Å². The van der Waals surface area contributed by atoms with Crippen LogP contribution in [0.1, 0.15) is 27.8 Å². The minimum absolute atomic E-state index is 0.107. The molecule has 1 amide bonds. The van der Waals surface area contributed by atoms with Gasteiger partial charge in [0.2, 0.25) is 0 Å². The van der Waals surface area contributed by atoms with E-state index in [1.165, 1.54) is 19.2 Å². The van der Waals surface area contributed by atoms with Gasteiger partial charge in [-0.2, -0.15) is 0 Å². The Morgan fingerprint density at radius 1 is 1.16 bits per heavy atom. The van der Waals surface area contributed by atoms with E-state index >= 15 is 0 Å². The summed E-state index contributed by atoms with van der Waals surface area (Å²) in [5.41, 5.74) is 1.29. The van der Waals surface area contributed by atoms with Crippen LogP contribution in [-0.4, -0.2) is 16.7 Å². The summed E-state index contributed by atoms with van der Waals surface area (Å²) in [6.45, 7) is 1.43. The lowest BCUT2D eigenvalue weighted by Gasteiger charge is -2.04. The molecule has 98 valence electrons. The molecule has 2 aromatic rings. The van der Waals surface area contributed by atoms with Crippen molar-refractivity contribution in [1.82, 2.24) is 4.98 Å². The first-order valence-corrected chi connectivity index (χ1v) is 6.18. The third-order valence-corrected chi connectivity index (χ3v) is 3.25. The molecule has 0 atom stereocenters. The van der Waals surface area contributed by atoms with Crippen LogP contribution >= 0.6 is 23.2 Å². The summed E-state index contributed by atoms with van der Waals surface area (Å²) in [4.78, 5) is 25.8. The molecule has 0 aliphatic rings. The summed E-state index contributed by atoms with van der Waals surface area (Å²) in [5, 5.41) is 3.43. The number of halogens is 2. The summed E-state index contributed by atoms with van der Waals surface area (Å²) in [5.74, 6) is -0.462. The Morgan fingerprint density at radius 2 is 1.89 bits per heavy atom. The molecule has 0 bridgehead atoms. The minimum Gasteiger partial charge on any atom is -0.356 e. The Kier molecular flexibility index (Phi) is 3.93. The van der Waals surface area contributed by atoms with Gasteiger partial charge in [-0.1, -0.05) is 23.2 Å². The number of benzene rings is 1. The van der Waals surface area contributed by atoms with Crippen molar-refractivity contribution in [2.24, 2.45) is 0 Å². The number of nitrogens with one attached hydrogen (secondary N) is 2. The second-order valence-electron chi connectivity index (χ2n) is 3.94. The fourth-order valence-corrected chi connectivity index (χ4v) is 1.80. The summed E-state index contributed by atoms with van der Waals surface area (Å²) < 4.78 is 0. The third kappa shape index (κ3) is 3.16. The minimum atomic E-state index is -0.356. The molecule has 0 saturated heterocycles. The Balaban J connectivity index is 2.15. The molecule has 2 N–H and O–H groups in total. The number of aromatic amines is 1. The van der Waals surface area contributed by atoms with Crippen molar-refractivity contribution in [2.45, 2.75) is 6.92 Å². The molecule has 2 rings (SSSR count). The molecule has 6 heteroatoms. The highest BCUT2D eigenvalue weighted by molar-refractivity contribution is 6.42. The van der Waals surface area contributed by atoms with E-state index in [1.54, 1.807) is 18.2 Å². The maximum absolute atomic E-state index is 11.9. The van der Waals surface area contributed by atoms with Crippen LogP contribution in [0.15, 0.2) is 30.5 Å². The number of Topliss-reactive ketones (excluding diaryl/α,β-unsaturated/α-hetero) is 1. The highest BCUT2D eigenvalue weighted by Gasteiger charge is 2.11. The number of hydrogen-bond donors (Lipinski definition) is 2. The van der Waals surface area contributed by atoms with Crippen molar-refractivity contribution in [3.63, 3.8) is 0 Å². The number of hydrogen-bond acceptors (Lipinski definition) is 2. The van der Waals surface area contributed by atoms with E-state index in [-0.39, 0.29) is 11.7 Å². The van der Waals surface area contributed by atoms with Crippen LogP contribution in [0.4, 0.5) is 5.69 Å². The van der Waals surface area contributed by atoms with Crippen LogP contribution in [0.2, 0.25) is 10.0 Å². The van der Waals surface area contributed by atoms with Crippen molar-refractivity contribution in [2.75, 3.05) is 5.32 Å². The maximum atomic E-state index is 11.9. The highest BCUT2D eigenvalue weighted by atomic mass is 35.5. The van der Waals surface area contributed by atoms with Gasteiger partial charge in [-0.05, 0) is 31.2 Å². The molecule has 0 radical (unpaired) electrons. The van der Waals surface area contributed by atoms with Crippen molar-refractivity contribution in [3.8, 4) is 0 Å². The Morgan fingerprint density at radius 3 is 2.47 bits per heavy atom. The number of carbonyl (C=O) groups is 2. The second-order valence-corrected chi connectivity index (χ2v) is 4.76. The van der Waals surface area contributed by atoms with Crippen LogP contribution in [0.5, 0.6) is 0 Å². The first kappa shape index (κ1) is 13.6. The number of ketones is 1. The molecule has 0 unspecified atom stereocenters. The monoisotopic (exact) mass is 296 g/mol. The number of aromatic nitrogens is 1. The first-order valence-electron chi connectivity index (χ1n) is 5.43. The van der Waals surface area contributed by atoms with Crippen LogP contribution in [-0.2, 0) is 0 Å². The van der Waals surface area contributed by atoms with Gasteiger partial charge in [0.25, 0.3) is 5.91 Å². The van der Waals surface area contributed by atoms with E-state index in [1.807, 2.05) is 0 Å². The zero-order valence-electron chi connectivity index (χ0n) is 9.96. The smallest absolute Gasteiger partial charge is 0.272 e. The van der Waals surface area contributed by atoms with E-state index in [4.69, 9.17) is 23.2 Å². The van der Waals surface area contributed by atoms with Crippen molar-refractivity contribution < 1.29 is 9.59 Å². The van der Waals surface area contributed by atoms with E-state index in [0.29, 0.717) is 27.0 Å². The fraction of sp³-hybridized carbons (Fsp3) is 0.0769. The fourth-order valence-electron chi connectivity index (χ4n) is 1.50. The molecule has 1 aromatic heterocycles. The Bertz CT molecular complexity index is 650. The van der Waals surface area contributed by atoms with Crippen molar-refractivity contribution >= 4 is 40.6 Å². The van der Waals surface area contributed by atoms with Gasteiger partial charge in [0, 0.05) is 17.4 Å². The van der Waals surface area contributed by atoms with E-state index in [9.17, 15) is 9.59 Å². The Labute approximate surface area is 119 Å². The van der Waals surface area contributed by atoms with E-state index < -0.39 is 0 Å². The average molecular weight is 297 g/mol. The Hall–Kier alpha value is -1.78. The average Bonchev–Trinajstić information content (AvgIpc) is 2.83. The molecule has 19 heavy (non-hydrogen) atoms. The van der Waals surface area contributed by atoms with Crippen LogP contribution in [0, 0.1) is 0 Å². The van der Waals surface area contributed by atoms with Gasteiger partial charge in [0.05, 0.1) is 10.0 Å². The quantitative estimate of drug-likeness (QED) is 0.847. The molecule has 0 fully saturated rings. The van der Waals surface area contributed by atoms with Gasteiger partial charge >= 0.3 is 0 Å². The van der Waals surface area contributed by atoms with Crippen LogP contribution in [0.25, 0.3) is 0 Å². The second kappa shape index (κ2) is 5.47.